The maximum absolute atomic E-state index is 12.0. The van der Waals surface area contributed by atoms with Crippen LogP contribution in [0, 0.1) is 5.92 Å². The predicted octanol–water partition coefficient (Wildman–Crippen LogP) is 4.16. The van der Waals surface area contributed by atoms with Crippen molar-refractivity contribution in [3.8, 4) is 0 Å². The van der Waals surface area contributed by atoms with E-state index in [1.165, 1.54) is 30.5 Å². The third-order valence-corrected chi connectivity index (χ3v) is 7.80. The van der Waals surface area contributed by atoms with Crippen LogP contribution in [-0.4, -0.2) is 65.1 Å². The standard InChI is InChI=1S/C27H36N4O2/c32-27(33)25(22-5-2-1-3-6-22)31-17-10-20(11-18-31)19-30-15-12-21(13-16-30)24-9-8-23-7-4-14-28-26(23)29-24/h1-3,5-6,8-9,20-21,25H,4,7,10-19H2,(H,28,29)(H,32,33)/t25-/m0/s1. The van der Waals surface area contributed by atoms with Gasteiger partial charge in [-0.3, -0.25) is 9.69 Å². The lowest BCUT2D eigenvalue weighted by atomic mass is 9.90. The molecule has 0 amide bonds. The van der Waals surface area contributed by atoms with Crippen molar-refractivity contribution in [3.63, 3.8) is 0 Å². The van der Waals surface area contributed by atoms with Crippen LogP contribution >= 0.6 is 0 Å². The zero-order valence-electron chi connectivity index (χ0n) is 19.5. The van der Waals surface area contributed by atoms with E-state index in [9.17, 15) is 9.90 Å². The van der Waals surface area contributed by atoms with Crippen LogP contribution < -0.4 is 5.32 Å². The van der Waals surface area contributed by atoms with Gasteiger partial charge in [-0.05, 0) is 87.8 Å². The van der Waals surface area contributed by atoms with Gasteiger partial charge in [0.2, 0.25) is 0 Å². The average Bonchev–Trinajstić information content (AvgIpc) is 2.86. The van der Waals surface area contributed by atoms with Gasteiger partial charge in [-0.25, -0.2) is 4.98 Å². The Bertz CT molecular complexity index is 934. The molecule has 1 aromatic heterocycles. The number of anilines is 1. The molecular formula is C27H36N4O2. The summed E-state index contributed by atoms with van der Waals surface area (Å²) in [6, 6.07) is 13.7. The summed E-state index contributed by atoms with van der Waals surface area (Å²) in [6.45, 7) is 6.18. The first kappa shape index (κ1) is 22.4. The van der Waals surface area contributed by atoms with Crippen molar-refractivity contribution < 1.29 is 9.90 Å². The van der Waals surface area contributed by atoms with Crippen LogP contribution in [-0.2, 0) is 11.2 Å². The lowest BCUT2D eigenvalue weighted by molar-refractivity contribution is -0.144. The van der Waals surface area contributed by atoms with Crippen LogP contribution in [0.15, 0.2) is 42.5 Å². The quantitative estimate of drug-likeness (QED) is 0.692. The van der Waals surface area contributed by atoms with E-state index in [1.54, 1.807) is 0 Å². The van der Waals surface area contributed by atoms with Crippen LogP contribution in [0.5, 0.6) is 0 Å². The van der Waals surface area contributed by atoms with Crippen molar-refractivity contribution in [2.75, 3.05) is 44.6 Å². The largest absolute Gasteiger partial charge is 0.480 e. The van der Waals surface area contributed by atoms with Crippen molar-refractivity contribution >= 4 is 11.8 Å². The zero-order chi connectivity index (χ0) is 22.6. The molecule has 3 aliphatic rings. The molecule has 0 radical (unpaired) electrons. The van der Waals surface area contributed by atoms with E-state index in [0.717, 1.165) is 69.9 Å². The Morgan fingerprint density at radius 1 is 1.03 bits per heavy atom. The summed E-state index contributed by atoms with van der Waals surface area (Å²) in [5.41, 5.74) is 3.51. The van der Waals surface area contributed by atoms with Gasteiger partial charge in [0.25, 0.3) is 0 Å². The number of nitrogens with one attached hydrogen (secondary N) is 1. The summed E-state index contributed by atoms with van der Waals surface area (Å²) < 4.78 is 0. The van der Waals surface area contributed by atoms with E-state index in [0.29, 0.717) is 11.8 Å². The van der Waals surface area contributed by atoms with Gasteiger partial charge < -0.3 is 15.3 Å². The van der Waals surface area contributed by atoms with Crippen LogP contribution in [0.3, 0.4) is 0 Å². The number of benzene rings is 1. The second kappa shape index (κ2) is 10.2. The highest BCUT2D eigenvalue weighted by molar-refractivity contribution is 5.75. The van der Waals surface area contributed by atoms with Gasteiger partial charge in [0.05, 0.1) is 0 Å². The van der Waals surface area contributed by atoms with Crippen molar-refractivity contribution in [2.45, 2.75) is 50.5 Å². The van der Waals surface area contributed by atoms with E-state index in [2.05, 4.69) is 27.2 Å². The topological polar surface area (TPSA) is 68.7 Å². The van der Waals surface area contributed by atoms with Gasteiger partial charge in [0, 0.05) is 24.7 Å². The maximum atomic E-state index is 12.0. The summed E-state index contributed by atoms with van der Waals surface area (Å²) in [6.07, 6.45) is 6.86. The van der Waals surface area contributed by atoms with Crippen molar-refractivity contribution in [1.82, 2.24) is 14.8 Å². The number of likely N-dealkylation sites (tertiary alicyclic amines) is 2. The molecule has 0 bridgehead atoms. The third-order valence-electron chi connectivity index (χ3n) is 7.80. The Balaban J connectivity index is 1.10. The number of nitrogens with zero attached hydrogens (tertiary/aromatic N) is 3. The van der Waals surface area contributed by atoms with Crippen LogP contribution in [0.1, 0.15) is 60.9 Å². The van der Waals surface area contributed by atoms with Crippen molar-refractivity contribution in [2.24, 2.45) is 5.92 Å². The number of fused-ring (bicyclic) bond motifs is 1. The first-order chi connectivity index (χ1) is 16.2. The molecule has 2 fully saturated rings. The number of piperidine rings is 2. The highest BCUT2D eigenvalue weighted by Gasteiger charge is 2.32. The number of aryl methyl sites for hydroxylation is 1. The minimum Gasteiger partial charge on any atom is -0.480 e. The van der Waals surface area contributed by atoms with Gasteiger partial charge in [0.15, 0.2) is 0 Å². The maximum Gasteiger partial charge on any atom is 0.325 e. The smallest absolute Gasteiger partial charge is 0.325 e. The van der Waals surface area contributed by atoms with E-state index in [-0.39, 0.29) is 0 Å². The summed E-state index contributed by atoms with van der Waals surface area (Å²) in [5.74, 6) is 1.60. The minimum atomic E-state index is -0.743. The molecule has 5 rings (SSSR count). The van der Waals surface area contributed by atoms with Gasteiger partial charge in [-0.1, -0.05) is 36.4 Å². The second-order valence-corrected chi connectivity index (χ2v) is 9.98. The molecule has 2 N–H and O–H groups in total. The van der Waals surface area contributed by atoms with E-state index in [1.807, 2.05) is 30.3 Å². The molecule has 0 saturated carbocycles. The Labute approximate surface area is 197 Å². The number of carbonyl (C=O) groups is 1. The first-order valence-electron chi connectivity index (χ1n) is 12.7. The lowest BCUT2D eigenvalue weighted by Gasteiger charge is -2.39. The third kappa shape index (κ3) is 5.22. The fourth-order valence-corrected chi connectivity index (χ4v) is 5.89. The normalized spacial score (nSPS) is 21.8. The van der Waals surface area contributed by atoms with Crippen molar-refractivity contribution in [1.29, 1.82) is 0 Å². The summed E-state index contributed by atoms with van der Waals surface area (Å²) in [4.78, 5) is 21.7. The fraction of sp³-hybridized carbons (Fsp3) is 0.556. The van der Waals surface area contributed by atoms with Gasteiger partial charge in [-0.15, -0.1) is 0 Å². The van der Waals surface area contributed by atoms with E-state index in [4.69, 9.17) is 4.98 Å². The summed E-state index contributed by atoms with van der Waals surface area (Å²) in [7, 11) is 0. The number of aliphatic carboxylic acids is 1. The molecule has 4 heterocycles. The van der Waals surface area contributed by atoms with Crippen LogP contribution in [0.2, 0.25) is 0 Å². The molecule has 1 aromatic carbocycles. The molecule has 6 heteroatoms. The SMILES string of the molecule is O=C(O)[C@H](c1ccccc1)N1CCC(CN2CCC(c3ccc4c(n3)NCCC4)CC2)CC1. The van der Waals surface area contributed by atoms with Crippen LogP contribution in [0.4, 0.5) is 5.82 Å². The van der Waals surface area contributed by atoms with E-state index < -0.39 is 12.0 Å². The Hall–Kier alpha value is -2.44. The van der Waals surface area contributed by atoms with Crippen molar-refractivity contribution in [3.05, 3.63) is 59.3 Å². The van der Waals surface area contributed by atoms with E-state index >= 15 is 0 Å². The second-order valence-electron chi connectivity index (χ2n) is 9.98. The highest BCUT2D eigenvalue weighted by atomic mass is 16.4. The Kier molecular flexibility index (Phi) is 6.93. The number of hydrogen-bond acceptors (Lipinski definition) is 5. The molecule has 6 nitrogen and oxygen atoms in total. The molecule has 33 heavy (non-hydrogen) atoms. The number of carboxylic acids is 1. The summed E-state index contributed by atoms with van der Waals surface area (Å²) in [5, 5.41) is 13.3. The zero-order valence-corrected chi connectivity index (χ0v) is 19.5. The molecule has 3 aliphatic heterocycles. The average molecular weight is 449 g/mol. The molecule has 0 unspecified atom stereocenters. The monoisotopic (exact) mass is 448 g/mol. The summed E-state index contributed by atoms with van der Waals surface area (Å²) >= 11 is 0. The fourth-order valence-electron chi connectivity index (χ4n) is 5.89. The van der Waals surface area contributed by atoms with Crippen LogP contribution in [0.25, 0.3) is 0 Å². The number of aromatic nitrogens is 1. The number of hydrogen-bond donors (Lipinski definition) is 2. The molecule has 176 valence electrons. The molecule has 0 aliphatic carbocycles. The number of pyridine rings is 1. The highest BCUT2D eigenvalue weighted by Crippen LogP contribution is 2.32. The Morgan fingerprint density at radius 2 is 1.79 bits per heavy atom. The number of carboxylic acid groups (broad SMARTS) is 1. The first-order valence-corrected chi connectivity index (χ1v) is 12.7. The molecule has 0 spiro atoms. The van der Waals surface area contributed by atoms with Gasteiger partial charge in [0.1, 0.15) is 11.9 Å². The molecule has 2 saturated heterocycles. The molecule has 2 aromatic rings. The Morgan fingerprint density at radius 3 is 2.52 bits per heavy atom. The lowest BCUT2D eigenvalue weighted by Crippen LogP contribution is -2.44. The molecular weight excluding hydrogens is 412 g/mol. The predicted molar refractivity (Wildman–Crippen MR) is 131 cm³/mol. The number of rotatable bonds is 6. The molecule has 1 atom stereocenters. The minimum absolute atomic E-state index is 0.526. The van der Waals surface area contributed by atoms with Gasteiger partial charge in [-0.2, -0.15) is 0 Å². The van der Waals surface area contributed by atoms with Gasteiger partial charge >= 0.3 is 5.97 Å².